The highest BCUT2D eigenvalue weighted by Crippen LogP contribution is 2.14. The SMILES string of the molecule is [CH2]CCCCC/C=C/CCCCCCCCCCCCCCCCCCC[CH2]. The Morgan fingerprint density at radius 2 is 0.500 bits per heavy atom. The predicted molar refractivity (Wildman–Crippen MR) is 131 cm³/mol. The highest BCUT2D eigenvalue weighted by atomic mass is 14.0. The van der Waals surface area contributed by atoms with Gasteiger partial charge in [0, 0.05) is 0 Å². The zero-order valence-electron chi connectivity index (χ0n) is 19.5. The molecule has 0 spiro atoms. The summed E-state index contributed by atoms with van der Waals surface area (Å²) in [6, 6.07) is 0. The Hall–Kier alpha value is -0.260. The monoisotopic (exact) mass is 390 g/mol. The normalized spacial score (nSPS) is 11.6. The molecule has 2 radical (unpaired) electrons. The van der Waals surface area contributed by atoms with Crippen LogP contribution in [0.4, 0.5) is 0 Å². The summed E-state index contributed by atoms with van der Waals surface area (Å²) in [5.41, 5.74) is 0. The predicted octanol–water partition coefficient (Wildman–Crippen LogP) is 10.6. The van der Waals surface area contributed by atoms with E-state index in [9.17, 15) is 0 Å². The molecule has 0 saturated carbocycles. The topological polar surface area (TPSA) is 0 Å². The van der Waals surface area contributed by atoms with Gasteiger partial charge in [0.15, 0.2) is 0 Å². The van der Waals surface area contributed by atoms with Crippen LogP contribution in [0.1, 0.15) is 154 Å². The quantitative estimate of drug-likeness (QED) is 0.113. The van der Waals surface area contributed by atoms with Crippen LogP contribution in [0, 0.1) is 13.8 Å². The first-order chi connectivity index (χ1) is 13.9. The van der Waals surface area contributed by atoms with Gasteiger partial charge >= 0.3 is 0 Å². The van der Waals surface area contributed by atoms with Gasteiger partial charge in [0.1, 0.15) is 0 Å². The van der Waals surface area contributed by atoms with E-state index in [2.05, 4.69) is 26.0 Å². The molecule has 0 N–H and O–H groups in total. The lowest BCUT2D eigenvalue weighted by Gasteiger charge is -2.03. The maximum atomic E-state index is 3.91. The highest BCUT2D eigenvalue weighted by Gasteiger charge is 1.95. The third-order valence-corrected chi connectivity index (χ3v) is 5.91. The van der Waals surface area contributed by atoms with E-state index in [1.807, 2.05) is 0 Å². The van der Waals surface area contributed by atoms with Crippen molar-refractivity contribution in [2.75, 3.05) is 0 Å². The Kier molecular flexibility index (Phi) is 26.5. The standard InChI is InChI=1S/C28H54/c1-3-5-7-9-11-13-15-17-19-21-23-25-27-28-26-24-22-20-18-16-14-12-10-8-6-4-2/h13,15H,1-12,14,16-28H2/b15-13+. The van der Waals surface area contributed by atoms with Crippen molar-refractivity contribution in [1.82, 2.24) is 0 Å². The van der Waals surface area contributed by atoms with Gasteiger partial charge in [0.25, 0.3) is 0 Å². The van der Waals surface area contributed by atoms with Crippen LogP contribution < -0.4 is 0 Å². The average Bonchev–Trinajstić information content (AvgIpc) is 2.71. The Bertz CT molecular complexity index is 278. The van der Waals surface area contributed by atoms with Crippen molar-refractivity contribution in [2.24, 2.45) is 0 Å². The summed E-state index contributed by atoms with van der Waals surface area (Å²) in [4.78, 5) is 0. The lowest BCUT2D eigenvalue weighted by Crippen LogP contribution is -1.84. The molecule has 0 atom stereocenters. The summed E-state index contributed by atoms with van der Waals surface area (Å²) in [6.45, 7) is 7.81. The van der Waals surface area contributed by atoms with Crippen LogP contribution in [0.2, 0.25) is 0 Å². The summed E-state index contributed by atoms with van der Waals surface area (Å²) >= 11 is 0. The van der Waals surface area contributed by atoms with Gasteiger partial charge in [-0.05, 0) is 25.7 Å². The highest BCUT2D eigenvalue weighted by molar-refractivity contribution is 4.81. The first-order valence-corrected chi connectivity index (χ1v) is 13.1. The zero-order valence-corrected chi connectivity index (χ0v) is 19.5. The summed E-state index contributed by atoms with van der Waals surface area (Å²) in [5, 5.41) is 0. The third kappa shape index (κ3) is 25.7. The number of hydrogen-bond donors (Lipinski definition) is 0. The van der Waals surface area contributed by atoms with E-state index in [-0.39, 0.29) is 0 Å². The first-order valence-electron chi connectivity index (χ1n) is 13.1. The minimum Gasteiger partial charge on any atom is -0.0885 e. The van der Waals surface area contributed by atoms with Crippen LogP contribution in [-0.2, 0) is 0 Å². The molecule has 0 heteroatoms. The fraction of sp³-hybridized carbons (Fsp3) is 0.857. The van der Waals surface area contributed by atoms with Crippen LogP contribution in [0.3, 0.4) is 0 Å². The molecule has 0 nitrogen and oxygen atoms in total. The van der Waals surface area contributed by atoms with Crippen molar-refractivity contribution in [1.29, 1.82) is 0 Å². The van der Waals surface area contributed by atoms with Gasteiger partial charge in [-0.2, -0.15) is 0 Å². The molecule has 166 valence electrons. The maximum Gasteiger partial charge on any atom is -0.0351 e. The molecule has 0 unspecified atom stereocenters. The van der Waals surface area contributed by atoms with Crippen molar-refractivity contribution in [2.45, 2.75) is 154 Å². The fourth-order valence-electron chi connectivity index (χ4n) is 3.94. The third-order valence-electron chi connectivity index (χ3n) is 5.91. The number of rotatable bonds is 24. The second-order valence-electron chi connectivity index (χ2n) is 8.83. The largest absolute Gasteiger partial charge is 0.0885 e. The Labute approximate surface area is 180 Å². The molecule has 0 aliphatic rings. The van der Waals surface area contributed by atoms with Gasteiger partial charge in [-0.3, -0.25) is 0 Å². The van der Waals surface area contributed by atoms with Crippen LogP contribution in [0.5, 0.6) is 0 Å². The van der Waals surface area contributed by atoms with E-state index >= 15 is 0 Å². The van der Waals surface area contributed by atoms with Crippen molar-refractivity contribution in [3.63, 3.8) is 0 Å². The molecule has 0 aliphatic carbocycles. The second-order valence-corrected chi connectivity index (χ2v) is 8.83. The molecule has 28 heavy (non-hydrogen) atoms. The number of hydrogen-bond acceptors (Lipinski definition) is 0. The summed E-state index contributed by atoms with van der Waals surface area (Å²) in [6.07, 6.45) is 38.2. The Balaban J connectivity index is 3.02. The molecule has 0 rings (SSSR count). The molecular weight excluding hydrogens is 336 g/mol. The van der Waals surface area contributed by atoms with Gasteiger partial charge in [-0.25, -0.2) is 0 Å². The smallest absolute Gasteiger partial charge is 0.0351 e. The lowest BCUT2D eigenvalue weighted by molar-refractivity contribution is 0.526. The van der Waals surface area contributed by atoms with Crippen molar-refractivity contribution < 1.29 is 0 Å². The van der Waals surface area contributed by atoms with Crippen molar-refractivity contribution in [3.8, 4) is 0 Å². The van der Waals surface area contributed by atoms with E-state index in [0.717, 1.165) is 12.8 Å². The van der Waals surface area contributed by atoms with E-state index in [1.165, 1.54) is 141 Å². The lowest BCUT2D eigenvalue weighted by atomic mass is 10.0. The second kappa shape index (κ2) is 26.7. The van der Waals surface area contributed by atoms with Crippen molar-refractivity contribution >= 4 is 0 Å². The molecule has 0 aromatic rings. The molecule has 0 bridgehead atoms. The van der Waals surface area contributed by atoms with Gasteiger partial charge in [0.2, 0.25) is 0 Å². The summed E-state index contributed by atoms with van der Waals surface area (Å²) in [7, 11) is 0. The van der Waals surface area contributed by atoms with Gasteiger partial charge in [0.05, 0.1) is 0 Å². The van der Waals surface area contributed by atoms with Gasteiger partial charge < -0.3 is 0 Å². The molecular formula is C28H54. The van der Waals surface area contributed by atoms with E-state index in [1.54, 1.807) is 0 Å². The van der Waals surface area contributed by atoms with Gasteiger partial charge in [-0.15, -0.1) is 0 Å². The van der Waals surface area contributed by atoms with E-state index in [0.29, 0.717) is 0 Å². The minimum absolute atomic E-state index is 1.10. The molecule has 0 amide bonds. The number of allylic oxidation sites excluding steroid dienone is 2. The average molecular weight is 391 g/mol. The minimum atomic E-state index is 1.10. The first kappa shape index (κ1) is 27.7. The zero-order chi connectivity index (χ0) is 20.4. The Morgan fingerprint density at radius 3 is 0.786 bits per heavy atom. The summed E-state index contributed by atoms with van der Waals surface area (Å²) in [5.74, 6) is 0. The van der Waals surface area contributed by atoms with Crippen molar-refractivity contribution in [3.05, 3.63) is 26.0 Å². The van der Waals surface area contributed by atoms with Crippen LogP contribution in [0.25, 0.3) is 0 Å². The molecule has 0 aromatic carbocycles. The van der Waals surface area contributed by atoms with E-state index in [4.69, 9.17) is 0 Å². The molecule has 0 fully saturated rings. The fourth-order valence-corrected chi connectivity index (χ4v) is 3.94. The molecule has 0 saturated heterocycles. The van der Waals surface area contributed by atoms with E-state index < -0.39 is 0 Å². The number of unbranched alkanes of at least 4 members (excludes halogenated alkanes) is 22. The van der Waals surface area contributed by atoms with Crippen LogP contribution >= 0.6 is 0 Å². The van der Waals surface area contributed by atoms with Gasteiger partial charge in [-0.1, -0.05) is 154 Å². The molecule has 0 aliphatic heterocycles. The summed E-state index contributed by atoms with van der Waals surface area (Å²) < 4.78 is 0. The Morgan fingerprint density at radius 1 is 0.286 bits per heavy atom. The molecule has 0 heterocycles. The maximum absolute atomic E-state index is 3.91. The molecule has 0 aromatic heterocycles. The van der Waals surface area contributed by atoms with Crippen LogP contribution in [-0.4, -0.2) is 0 Å². The van der Waals surface area contributed by atoms with Crippen LogP contribution in [0.15, 0.2) is 12.2 Å².